The second-order valence-electron chi connectivity index (χ2n) is 3.67. The molecule has 3 rings (SSSR count). The second kappa shape index (κ2) is 4.43. The molecule has 0 aliphatic rings. The number of hydrogen-bond donors (Lipinski definition) is 0. The molecule has 18 heavy (non-hydrogen) atoms. The largest absolute Gasteiger partial charge is 0.265 e. The van der Waals surface area contributed by atoms with Crippen molar-refractivity contribution in [2.24, 2.45) is 0 Å². The van der Waals surface area contributed by atoms with E-state index in [2.05, 4.69) is 10.2 Å². The molecule has 0 aliphatic carbocycles. The van der Waals surface area contributed by atoms with Crippen molar-refractivity contribution < 1.29 is 0 Å². The predicted octanol–water partition coefficient (Wildman–Crippen LogP) is 4.36. The van der Waals surface area contributed by atoms with Crippen LogP contribution in [-0.2, 0) is 0 Å². The van der Waals surface area contributed by atoms with Gasteiger partial charge in [-0.25, -0.2) is 0 Å². The van der Waals surface area contributed by atoms with Crippen molar-refractivity contribution in [3.8, 4) is 11.4 Å². The topological polar surface area (TPSA) is 30.2 Å². The lowest BCUT2D eigenvalue weighted by Gasteiger charge is -2.05. The van der Waals surface area contributed by atoms with Crippen molar-refractivity contribution >= 4 is 40.4 Å². The molecule has 0 fully saturated rings. The molecule has 0 unspecified atom stereocenters. The average Bonchev–Trinajstić information content (AvgIpc) is 2.78. The Morgan fingerprint density at radius 1 is 0.889 bits per heavy atom. The molecule has 0 radical (unpaired) electrons. The zero-order chi connectivity index (χ0) is 12.7. The zero-order valence-electron chi connectivity index (χ0n) is 8.94. The molecular formula is C12H6Cl3N3. The lowest BCUT2D eigenvalue weighted by atomic mass is 10.2. The van der Waals surface area contributed by atoms with Crippen LogP contribution in [0.3, 0.4) is 0 Å². The van der Waals surface area contributed by atoms with Gasteiger partial charge in [-0.15, -0.1) is 10.2 Å². The maximum atomic E-state index is 6.18. The van der Waals surface area contributed by atoms with Crippen molar-refractivity contribution in [2.75, 3.05) is 0 Å². The van der Waals surface area contributed by atoms with Crippen molar-refractivity contribution in [1.82, 2.24) is 14.6 Å². The highest BCUT2D eigenvalue weighted by atomic mass is 35.5. The standard InChI is InChI=1S/C12H6Cl3N3/c13-8-4-1-3-7(11(8)15)12-17-16-10-6-2-5-9(14)18(10)12/h1-6H. The lowest BCUT2D eigenvalue weighted by Crippen LogP contribution is -1.91. The van der Waals surface area contributed by atoms with Gasteiger partial charge in [-0.05, 0) is 24.3 Å². The Morgan fingerprint density at radius 3 is 2.50 bits per heavy atom. The lowest BCUT2D eigenvalue weighted by molar-refractivity contribution is 1.11. The fourth-order valence-corrected chi connectivity index (χ4v) is 2.38. The smallest absolute Gasteiger partial charge is 0.171 e. The summed E-state index contributed by atoms with van der Waals surface area (Å²) in [7, 11) is 0. The van der Waals surface area contributed by atoms with E-state index in [-0.39, 0.29) is 0 Å². The Hall–Kier alpha value is -1.29. The summed E-state index contributed by atoms with van der Waals surface area (Å²) in [6.45, 7) is 0. The Morgan fingerprint density at radius 2 is 1.67 bits per heavy atom. The Bertz CT molecular complexity index is 737. The van der Waals surface area contributed by atoms with Crippen LogP contribution in [0.1, 0.15) is 0 Å². The quantitative estimate of drug-likeness (QED) is 0.625. The molecule has 3 aromatic rings. The summed E-state index contributed by atoms with van der Waals surface area (Å²) in [4.78, 5) is 0. The van der Waals surface area contributed by atoms with E-state index < -0.39 is 0 Å². The number of hydrogen-bond acceptors (Lipinski definition) is 2. The average molecular weight is 299 g/mol. The first-order valence-electron chi connectivity index (χ1n) is 5.12. The molecule has 6 heteroatoms. The van der Waals surface area contributed by atoms with Crippen LogP contribution in [0.2, 0.25) is 15.2 Å². The number of rotatable bonds is 1. The van der Waals surface area contributed by atoms with E-state index >= 15 is 0 Å². The van der Waals surface area contributed by atoms with E-state index in [9.17, 15) is 0 Å². The van der Waals surface area contributed by atoms with Crippen molar-refractivity contribution in [3.63, 3.8) is 0 Å². The molecule has 90 valence electrons. The summed E-state index contributed by atoms with van der Waals surface area (Å²) < 4.78 is 1.72. The first-order chi connectivity index (χ1) is 8.68. The molecule has 0 aliphatic heterocycles. The number of aromatic nitrogens is 3. The third-order valence-corrected chi connectivity index (χ3v) is 3.69. The molecule has 0 amide bonds. The number of pyridine rings is 1. The van der Waals surface area contributed by atoms with Gasteiger partial charge in [-0.1, -0.05) is 46.9 Å². The highest BCUT2D eigenvalue weighted by Gasteiger charge is 2.14. The number of benzene rings is 1. The third-order valence-electron chi connectivity index (χ3n) is 2.57. The highest BCUT2D eigenvalue weighted by Crippen LogP contribution is 2.33. The number of fused-ring (bicyclic) bond motifs is 1. The predicted molar refractivity (Wildman–Crippen MR) is 73.5 cm³/mol. The van der Waals surface area contributed by atoms with Gasteiger partial charge in [-0.3, -0.25) is 4.40 Å². The second-order valence-corrected chi connectivity index (χ2v) is 4.84. The van der Waals surface area contributed by atoms with E-state index in [1.54, 1.807) is 16.5 Å². The van der Waals surface area contributed by atoms with Crippen molar-refractivity contribution in [2.45, 2.75) is 0 Å². The van der Waals surface area contributed by atoms with Gasteiger partial charge >= 0.3 is 0 Å². The van der Waals surface area contributed by atoms with Crippen LogP contribution in [0.25, 0.3) is 17.0 Å². The van der Waals surface area contributed by atoms with Gasteiger partial charge in [0.25, 0.3) is 0 Å². The highest BCUT2D eigenvalue weighted by molar-refractivity contribution is 6.43. The Balaban J connectivity index is 2.36. The van der Waals surface area contributed by atoms with Gasteiger partial charge in [0.1, 0.15) is 5.15 Å². The molecule has 0 spiro atoms. The maximum absolute atomic E-state index is 6.18. The maximum Gasteiger partial charge on any atom is 0.171 e. The summed E-state index contributed by atoms with van der Waals surface area (Å²) in [5, 5.41) is 9.59. The summed E-state index contributed by atoms with van der Waals surface area (Å²) in [5.41, 5.74) is 1.36. The van der Waals surface area contributed by atoms with Crippen LogP contribution < -0.4 is 0 Å². The minimum absolute atomic E-state index is 0.438. The summed E-state index contributed by atoms with van der Waals surface area (Å²) in [5.74, 6) is 0.572. The molecule has 1 aromatic carbocycles. The normalized spacial score (nSPS) is 11.1. The van der Waals surface area contributed by atoms with E-state index in [4.69, 9.17) is 34.8 Å². The molecule has 0 saturated heterocycles. The van der Waals surface area contributed by atoms with Crippen molar-refractivity contribution in [3.05, 3.63) is 51.6 Å². The van der Waals surface area contributed by atoms with Gasteiger partial charge in [-0.2, -0.15) is 0 Å². The van der Waals surface area contributed by atoms with Crippen molar-refractivity contribution in [1.29, 1.82) is 0 Å². The van der Waals surface area contributed by atoms with Crippen LogP contribution in [-0.4, -0.2) is 14.6 Å². The van der Waals surface area contributed by atoms with E-state index in [1.165, 1.54) is 0 Å². The van der Waals surface area contributed by atoms with Crippen LogP contribution >= 0.6 is 34.8 Å². The molecule has 0 atom stereocenters. The van der Waals surface area contributed by atoms with Gasteiger partial charge in [0.2, 0.25) is 0 Å². The van der Waals surface area contributed by atoms with Crippen LogP contribution in [0.15, 0.2) is 36.4 Å². The molecule has 2 aromatic heterocycles. The van der Waals surface area contributed by atoms with Gasteiger partial charge in [0.05, 0.1) is 10.0 Å². The fraction of sp³-hybridized carbons (Fsp3) is 0. The van der Waals surface area contributed by atoms with Gasteiger partial charge < -0.3 is 0 Å². The monoisotopic (exact) mass is 297 g/mol. The van der Waals surface area contributed by atoms with E-state index in [1.807, 2.05) is 24.3 Å². The summed E-state index contributed by atoms with van der Waals surface area (Å²) in [6.07, 6.45) is 0. The Labute approximate surface area is 118 Å². The molecule has 0 saturated carbocycles. The molecule has 0 bridgehead atoms. The van der Waals surface area contributed by atoms with Gasteiger partial charge in [0.15, 0.2) is 11.5 Å². The number of halogens is 3. The van der Waals surface area contributed by atoms with Crippen LogP contribution in [0.5, 0.6) is 0 Å². The van der Waals surface area contributed by atoms with Crippen LogP contribution in [0, 0.1) is 0 Å². The third kappa shape index (κ3) is 1.75. The Kier molecular flexibility index (Phi) is 2.90. The summed E-state index contributed by atoms with van der Waals surface area (Å²) in [6, 6.07) is 10.8. The minimum Gasteiger partial charge on any atom is -0.265 e. The SMILES string of the molecule is Clc1cccc(-c2nnc3cccc(Cl)n23)c1Cl. The van der Waals surface area contributed by atoms with E-state index in [0.29, 0.717) is 32.2 Å². The molecule has 2 heterocycles. The van der Waals surface area contributed by atoms with Crippen LogP contribution in [0.4, 0.5) is 0 Å². The summed E-state index contributed by atoms with van der Waals surface area (Å²) >= 11 is 18.3. The first-order valence-corrected chi connectivity index (χ1v) is 6.26. The molecule has 3 nitrogen and oxygen atoms in total. The minimum atomic E-state index is 0.438. The zero-order valence-corrected chi connectivity index (χ0v) is 11.2. The van der Waals surface area contributed by atoms with Gasteiger partial charge in [0, 0.05) is 5.56 Å². The molecular weight excluding hydrogens is 293 g/mol. The fourth-order valence-electron chi connectivity index (χ4n) is 1.75. The number of nitrogens with zero attached hydrogens (tertiary/aromatic N) is 3. The first kappa shape index (κ1) is 11.8. The van der Waals surface area contributed by atoms with E-state index in [0.717, 1.165) is 0 Å². The molecule has 0 N–H and O–H groups in total.